The number of carbonyl (C=O) groups is 3. The fourth-order valence-corrected chi connectivity index (χ4v) is 3.11. The predicted molar refractivity (Wildman–Crippen MR) is 75.0 cm³/mol. The van der Waals surface area contributed by atoms with E-state index in [0.717, 1.165) is 4.88 Å². The molecule has 2 N–H and O–H groups in total. The van der Waals surface area contributed by atoms with Crippen molar-refractivity contribution in [1.29, 1.82) is 0 Å². The second-order valence-corrected chi connectivity index (χ2v) is 5.92. The molecule has 0 aliphatic carbocycles. The Morgan fingerprint density at radius 3 is 2.75 bits per heavy atom. The maximum atomic E-state index is 12.1. The van der Waals surface area contributed by atoms with Crippen LogP contribution in [0.5, 0.6) is 0 Å². The molecule has 2 amide bonds. The smallest absolute Gasteiger partial charge is 0.338 e. The molecule has 1 aromatic heterocycles. The van der Waals surface area contributed by atoms with Crippen LogP contribution in [-0.4, -0.2) is 41.4 Å². The summed E-state index contributed by atoms with van der Waals surface area (Å²) in [6, 6.07) is 1.58. The van der Waals surface area contributed by atoms with Gasteiger partial charge in [0, 0.05) is 24.9 Å². The monoisotopic (exact) mass is 296 g/mol. The SMILES string of the molecule is CCc1cc(C(=O)O)c(NC(=O)C2CC(=O)N(C)C2)s1. The van der Waals surface area contributed by atoms with E-state index in [4.69, 9.17) is 5.11 Å². The molecule has 0 saturated carbocycles. The highest BCUT2D eigenvalue weighted by Gasteiger charge is 2.32. The van der Waals surface area contributed by atoms with E-state index < -0.39 is 11.9 Å². The van der Waals surface area contributed by atoms with E-state index in [2.05, 4.69) is 5.32 Å². The summed E-state index contributed by atoms with van der Waals surface area (Å²) in [4.78, 5) is 37.1. The first kappa shape index (κ1) is 14.5. The molecule has 0 aromatic carbocycles. The first-order valence-corrected chi connectivity index (χ1v) is 7.14. The fraction of sp³-hybridized carbons (Fsp3) is 0.462. The lowest BCUT2D eigenvalue weighted by Crippen LogP contribution is -2.25. The number of carbonyl (C=O) groups excluding carboxylic acids is 2. The summed E-state index contributed by atoms with van der Waals surface area (Å²) in [5.41, 5.74) is 0.109. The normalized spacial score (nSPS) is 18.4. The van der Waals surface area contributed by atoms with Crippen LogP contribution < -0.4 is 5.32 Å². The number of carboxylic acid groups (broad SMARTS) is 1. The summed E-state index contributed by atoms with van der Waals surface area (Å²) >= 11 is 1.27. The van der Waals surface area contributed by atoms with Crippen molar-refractivity contribution in [3.8, 4) is 0 Å². The molecular weight excluding hydrogens is 280 g/mol. The topological polar surface area (TPSA) is 86.7 Å². The van der Waals surface area contributed by atoms with Gasteiger partial charge in [-0.05, 0) is 12.5 Å². The van der Waals surface area contributed by atoms with Gasteiger partial charge in [-0.3, -0.25) is 9.59 Å². The molecule has 1 unspecified atom stereocenters. The number of aromatic carboxylic acids is 1. The van der Waals surface area contributed by atoms with Crippen LogP contribution in [-0.2, 0) is 16.0 Å². The first-order valence-electron chi connectivity index (χ1n) is 6.33. The van der Waals surface area contributed by atoms with Gasteiger partial charge in [0.1, 0.15) is 5.00 Å². The first-order chi connectivity index (χ1) is 9.42. The molecule has 108 valence electrons. The number of anilines is 1. The van der Waals surface area contributed by atoms with Crippen molar-refractivity contribution in [3.63, 3.8) is 0 Å². The third kappa shape index (κ3) is 2.82. The lowest BCUT2D eigenvalue weighted by atomic mass is 10.1. The highest BCUT2D eigenvalue weighted by atomic mass is 32.1. The standard InChI is InChI=1S/C13H16N2O4S/c1-3-8-5-9(13(18)19)12(20-8)14-11(17)7-4-10(16)15(2)6-7/h5,7H,3-4,6H2,1-2H3,(H,14,17)(H,18,19). The van der Waals surface area contributed by atoms with E-state index in [0.29, 0.717) is 18.0 Å². The third-order valence-corrected chi connectivity index (χ3v) is 4.51. The van der Waals surface area contributed by atoms with Gasteiger partial charge >= 0.3 is 5.97 Å². The van der Waals surface area contributed by atoms with Crippen LogP contribution >= 0.6 is 11.3 Å². The molecule has 1 atom stereocenters. The second kappa shape index (κ2) is 5.62. The zero-order valence-electron chi connectivity index (χ0n) is 11.3. The Balaban J connectivity index is 2.13. The van der Waals surface area contributed by atoms with Crippen LogP contribution in [0, 0.1) is 5.92 Å². The van der Waals surface area contributed by atoms with Crippen molar-refractivity contribution in [1.82, 2.24) is 4.90 Å². The van der Waals surface area contributed by atoms with E-state index >= 15 is 0 Å². The predicted octanol–water partition coefficient (Wildman–Crippen LogP) is 1.43. The number of likely N-dealkylation sites (tertiary alicyclic amines) is 1. The quantitative estimate of drug-likeness (QED) is 0.880. The Kier molecular flexibility index (Phi) is 4.08. The number of nitrogens with one attached hydrogen (secondary N) is 1. The van der Waals surface area contributed by atoms with Gasteiger partial charge in [-0.2, -0.15) is 0 Å². The molecule has 0 radical (unpaired) electrons. The van der Waals surface area contributed by atoms with Gasteiger partial charge < -0.3 is 15.3 Å². The molecular formula is C13H16N2O4S. The lowest BCUT2D eigenvalue weighted by molar-refractivity contribution is -0.127. The molecule has 1 aliphatic heterocycles. The molecule has 1 aliphatic rings. The Bertz CT molecular complexity index is 567. The van der Waals surface area contributed by atoms with E-state index in [1.165, 1.54) is 16.2 Å². The van der Waals surface area contributed by atoms with Crippen molar-refractivity contribution in [2.45, 2.75) is 19.8 Å². The molecule has 2 rings (SSSR count). The van der Waals surface area contributed by atoms with E-state index in [1.807, 2.05) is 6.92 Å². The van der Waals surface area contributed by atoms with Crippen molar-refractivity contribution in [3.05, 3.63) is 16.5 Å². The molecule has 0 bridgehead atoms. The van der Waals surface area contributed by atoms with E-state index in [9.17, 15) is 14.4 Å². The van der Waals surface area contributed by atoms with Crippen LogP contribution in [0.1, 0.15) is 28.6 Å². The van der Waals surface area contributed by atoms with Crippen molar-refractivity contribution in [2.75, 3.05) is 18.9 Å². The summed E-state index contributed by atoms with van der Waals surface area (Å²) < 4.78 is 0. The zero-order valence-corrected chi connectivity index (χ0v) is 12.1. The van der Waals surface area contributed by atoms with Gasteiger partial charge in [0.05, 0.1) is 11.5 Å². The van der Waals surface area contributed by atoms with Crippen LogP contribution in [0.3, 0.4) is 0 Å². The summed E-state index contributed by atoms with van der Waals surface area (Å²) in [5, 5.41) is 12.1. The summed E-state index contributed by atoms with van der Waals surface area (Å²) in [6.07, 6.45) is 0.891. The number of hydrogen-bond donors (Lipinski definition) is 2. The largest absolute Gasteiger partial charge is 0.478 e. The van der Waals surface area contributed by atoms with Crippen LogP contribution in [0.15, 0.2) is 6.07 Å². The molecule has 7 heteroatoms. The minimum Gasteiger partial charge on any atom is -0.478 e. The molecule has 1 saturated heterocycles. The highest BCUT2D eigenvalue weighted by molar-refractivity contribution is 7.16. The maximum Gasteiger partial charge on any atom is 0.338 e. The Morgan fingerprint density at radius 2 is 2.25 bits per heavy atom. The molecule has 1 fully saturated rings. The van der Waals surface area contributed by atoms with Crippen molar-refractivity contribution >= 4 is 34.1 Å². The van der Waals surface area contributed by atoms with Gasteiger partial charge in [-0.15, -0.1) is 11.3 Å². The number of aryl methyl sites for hydroxylation is 1. The summed E-state index contributed by atoms with van der Waals surface area (Å²) in [7, 11) is 1.65. The molecule has 0 spiro atoms. The Hall–Kier alpha value is -1.89. The third-order valence-electron chi connectivity index (χ3n) is 3.31. The fourth-order valence-electron chi connectivity index (χ4n) is 2.12. The van der Waals surface area contributed by atoms with Crippen LogP contribution in [0.25, 0.3) is 0 Å². The molecule has 20 heavy (non-hydrogen) atoms. The summed E-state index contributed by atoms with van der Waals surface area (Å²) in [6.45, 7) is 2.30. The number of carboxylic acids is 1. The van der Waals surface area contributed by atoms with Gasteiger partial charge in [-0.25, -0.2) is 4.79 Å². The zero-order chi connectivity index (χ0) is 14.9. The minimum absolute atomic E-state index is 0.0657. The number of thiophene rings is 1. The number of hydrogen-bond acceptors (Lipinski definition) is 4. The highest BCUT2D eigenvalue weighted by Crippen LogP contribution is 2.30. The molecule has 1 aromatic rings. The van der Waals surface area contributed by atoms with Crippen LogP contribution in [0.2, 0.25) is 0 Å². The second-order valence-electron chi connectivity index (χ2n) is 4.78. The molecule has 6 nitrogen and oxygen atoms in total. The van der Waals surface area contributed by atoms with Gasteiger partial charge in [0.2, 0.25) is 11.8 Å². The average molecular weight is 296 g/mol. The van der Waals surface area contributed by atoms with Crippen molar-refractivity contribution in [2.24, 2.45) is 5.92 Å². The van der Waals surface area contributed by atoms with Gasteiger partial charge in [-0.1, -0.05) is 6.92 Å². The average Bonchev–Trinajstić information content (AvgIpc) is 2.94. The lowest BCUT2D eigenvalue weighted by Gasteiger charge is -2.10. The Morgan fingerprint density at radius 1 is 1.55 bits per heavy atom. The minimum atomic E-state index is -1.06. The summed E-state index contributed by atoms with van der Waals surface area (Å²) in [5.74, 6) is -1.84. The number of amides is 2. The number of nitrogens with zero attached hydrogens (tertiary/aromatic N) is 1. The van der Waals surface area contributed by atoms with E-state index in [1.54, 1.807) is 13.1 Å². The van der Waals surface area contributed by atoms with Crippen LogP contribution in [0.4, 0.5) is 5.00 Å². The number of rotatable bonds is 4. The van der Waals surface area contributed by atoms with E-state index in [-0.39, 0.29) is 23.8 Å². The Labute approximate surface area is 120 Å². The van der Waals surface area contributed by atoms with Gasteiger partial charge in [0.25, 0.3) is 0 Å². The maximum absolute atomic E-state index is 12.1. The van der Waals surface area contributed by atoms with Gasteiger partial charge in [0.15, 0.2) is 0 Å². The molecule has 2 heterocycles. The van der Waals surface area contributed by atoms with Crippen molar-refractivity contribution < 1.29 is 19.5 Å².